The highest BCUT2D eigenvalue weighted by atomic mass is 16.8. The molecule has 2 heterocycles. The molecule has 2 saturated heterocycles. The minimum atomic E-state index is -0.716. The maximum atomic E-state index is 11.1. The van der Waals surface area contributed by atoms with Gasteiger partial charge in [0.2, 0.25) is 5.91 Å². The summed E-state index contributed by atoms with van der Waals surface area (Å²) in [5.41, 5.74) is 0. The number of aliphatic hydroxyl groups is 1. The topological polar surface area (TPSA) is 77.0 Å². The zero-order valence-electron chi connectivity index (χ0n) is 9.60. The zero-order chi connectivity index (χ0) is 11.9. The Balaban J connectivity index is 2.10. The average molecular weight is 231 g/mol. The van der Waals surface area contributed by atoms with Crippen LogP contribution in [-0.4, -0.2) is 47.9 Å². The van der Waals surface area contributed by atoms with Gasteiger partial charge in [0.1, 0.15) is 12.2 Å². The maximum Gasteiger partial charge on any atom is 0.217 e. The van der Waals surface area contributed by atoms with Crippen LogP contribution >= 0.6 is 0 Å². The largest absolute Gasteiger partial charge is 0.394 e. The van der Waals surface area contributed by atoms with Crippen LogP contribution < -0.4 is 5.32 Å². The van der Waals surface area contributed by atoms with E-state index in [1.54, 1.807) is 13.8 Å². The van der Waals surface area contributed by atoms with Crippen LogP contribution in [0.2, 0.25) is 0 Å². The van der Waals surface area contributed by atoms with E-state index in [9.17, 15) is 4.79 Å². The lowest BCUT2D eigenvalue weighted by molar-refractivity contribution is -0.210. The minimum Gasteiger partial charge on any atom is -0.394 e. The summed E-state index contributed by atoms with van der Waals surface area (Å²) < 4.78 is 16.6. The standard InChI is InChI=1S/C10H17NO5/c1-5(13)11-7-6(4-12)14-9-8(7)15-10(2,3)16-9/h6-9,12H,4H2,1-3H3,(H,11,13)/t6-,7-,8+,9-/m0/s1. The van der Waals surface area contributed by atoms with E-state index < -0.39 is 18.2 Å². The molecule has 2 aliphatic heterocycles. The molecular formula is C10H17NO5. The fourth-order valence-electron chi connectivity index (χ4n) is 2.14. The fourth-order valence-corrected chi connectivity index (χ4v) is 2.14. The first-order chi connectivity index (χ1) is 7.43. The van der Waals surface area contributed by atoms with Gasteiger partial charge in [-0.15, -0.1) is 0 Å². The van der Waals surface area contributed by atoms with Crippen LogP contribution in [0.3, 0.4) is 0 Å². The summed E-state index contributed by atoms with van der Waals surface area (Å²) in [5.74, 6) is -0.895. The van der Waals surface area contributed by atoms with Crippen LogP contribution in [0.1, 0.15) is 20.8 Å². The number of aliphatic hydroxyl groups excluding tert-OH is 1. The van der Waals surface area contributed by atoms with Crippen molar-refractivity contribution in [2.45, 2.75) is 51.1 Å². The summed E-state index contributed by atoms with van der Waals surface area (Å²) in [7, 11) is 0. The van der Waals surface area contributed by atoms with Crippen molar-refractivity contribution in [3.8, 4) is 0 Å². The molecule has 0 unspecified atom stereocenters. The average Bonchev–Trinajstić information content (AvgIpc) is 2.59. The molecule has 0 bridgehead atoms. The molecule has 92 valence electrons. The monoisotopic (exact) mass is 231 g/mol. The van der Waals surface area contributed by atoms with E-state index in [-0.39, 0.29) is 24.7 Å². The van der Waals surface area contributed by atoms with Crippen LogP contribution in [-0.2, 0) is 19.0 Å². The number of amides is 1. The van der Waals surface area contributed by atoms with E-state index in [1.165, 1.54) is 6.92 Å². The Morgan fingerprint density at radius 2 is 2.12 bits per heavy atom. The SMILES string of the molecule is CC(=O)N[C@@H]1[C@H]2OC(C)(C)O[C@@H]2O[C@H]1CO. The second kappa shape index (κ2) is 3.96. The van der Waals surface area contributed by atoms with Gasteiger partial charge in [0, 0.05) is 6.92 Å². The molecule has 6 heteroatoms. The molecule has 0 aliphatic carbocycles. The third-order valence-electron chi connectivity index (χ3n) is 2.70. The van der Waals surface area contributed by atoms with Gasteiger partial charge in [-0.1, -0.05) is 0 Å². The molecule has 2 fully saturated rings. The number of rotatable bonds is 2. The Morgan fingerprint density at radius 1 is 1.44 bits per heavy atom. The van der Waals surface area contributed by atoms with Gasteiger partial charge >= 0.3 is 0 Å². The van der Waals surface area contributed by atoms with Gasteiger partial charge in [0.05, 0.1) is 12.6 Å². The second-order valence-corrected chi connectivity index (χ2v) is 4.55. The van der Waals surface area contributed by atoms with E-state index >= 15 is 0 Å². The van der Waals surface area contributed by atoms with Crippen molar-refractivity contribution >= 4 is 5.91 Å². The Labute approximate surface area is 93.9 Å². The van der Waals surface area contributed by atoms with Crippen molar-refractivity contribution in [3.63, 3.8) is 0 Å². The number of hydrogen-bond acceptors (Lipinski definition) is 5. The molecule has 4 atom stereocenters. The van der Waals surface area contributed by atoms with E-state index in [2.05, 4.69) is 5.32 Å². The Hall–Kier alpha value is -0.690. The summed E-state index contributed by atoms with van der Waals surface area (Å²) in [6.45, 7) is 4.81. The van der Waals surface area contributed by atoms with E-state index in [4.69, 9.17) is 19.3 Å². The van der Waals surface area contributed by atoms with Gasteiger partial charge in [-0.25, -0.2) is 0 Å². The quantitative estimate of drug-likeness (QED) is 0.661. The second-order valence-electron chi connectivity index (χ2n) is 4.55. The molecule has 1 amide bonds. The van der Waals surface area contributed by atoms with Gasteiger partial charge in [-0.3, -0.25) is 4.79 Å². The minimum absolute atomic E-state index is 0.176. The summed E-state index contributed by atoms with van der Waals surface area (Å²) in [5, 5.41) is 11.9. The zero-order valence-corrected chi connectivity index (χ0v) is 9.60. The van der Waals surface area contributed by atoms with Gasteiger partial charge in [0.25, 0.3) is 0 Å². The van der Waals surface area contributed by atoms with Crippen molar-refractivity contribution < 1.29 is 24.1 Å². The third kappa shape index (κ3) is 2.06. The fraction of sp³-hybridized carbons (Fsp3) is 0.900. The molecule has 0 radical (unpaired) electrons. The molecule has 0 aromatic heterocycles. The third-order valence-corrected chi connectivity index (χ3v) is 2.70. The number of carbonyl (C=O) groups excluding carboxylic acids is 1. The molecule has 0 aromatic carbocycles. The normalized spacial score (nSPS) is 40.8. The highest BCUT2D eigenvalue weighted by Gasteiger charge is 2.54. The van der Waals surface area contributed by atoms with Gasteiger partial charge < -0.3 is 24.6 Å². The van der Waals surface area contributed by atoms with Crippen molar-refractivity contribution in [3.05, 3.63) is 0 Å². The Bertz CT molecular complexity index is 293. The van der Waals surface area contributed by atoms with Gasteiger partial charge in [-0.05, 0) is 13.8 Å². The lowest BCUT2D eigenvalue weighted by atomic mass is 10.1. The van der Waals surface area contributed by atoms with Crippen LogP contribution in [0, 0.1) is 0 Å². The highest BCUT2D eigenvalue weighted by molar-refractivity contribution is 5.73. The van der Waals surface area contributed by atoms with Crippen molar-refractivity contribution in [2.24, 2.45) is 0 Å². The molecular weight excluding hydrogens is 214 g/mol. The van der Waals surface area contributed by atoms with E-state index in [0.29, 0.717) is 0 Å². The molecule has 2 aliphatic rings. The number of carbonyl (C=O) groups is 1. The number of nitrogens with one attached hydrogen (secondary N) is 1. The molecule has 0 saturated carbocycles. The lowest BCUT2D eigenvalue weighted by Crippen LogP contribution is -2.48. The molecule has 2 rings (SSSR count). The molecule has 0 aromatic rings. The molecule has 0 spiro atoms. The molecule has 16 heavy (non-hydrogen) atoms. The van der Waals surface area contributed by atoms with Crippen molar-refractivity contribution in [2.75, 3.05) is 6.61 Å². The maximum absolute atomic E-state index is 11.1. The van der Waals surface area contributed by atoms with E-state index in [0.717, 1.165) is 0 Å². The predicted octanol–water partition coefficient (Wildman–Crippen LogP) is -0.640. The van der Waals surface area contributed by atoms with E-state index in [1.807, 2.05) is 0 Å². The van der Waals surface area contributed by atoms with Crippen LogP contribution in [0.25, 0.3) is 0 Å². The summed E-state index contributed by atoms with van der Waals surface area (Å²) in [4.78, 5) is 11.1. The first kappa shape index (κ1) is 11.8. The summed E-state index contributed by atoms with van der Waals surface area (Å²) in [6.07, 6.45) is -1.37. The van der Waals surface area contributed by atoms with Crippen LogP contribution in [0.4, 0.5) is 0 Å². The smallest absolute Gasteiger partial charge is 0.217 e. The predicted molar refractivity (Wildman–Crippen MR) is 53.4 cm³/mol. The highest BCUT2D eigenvalue weighted by Crippen LogP contribution is 2.37. The van der Waals surface area contributed by atoms with Crippen LogP contribution in [0.15, 0.2) is 0 Å². The number of hydrogen-bond donors (Lipinski definition) is 2. The Morgan fingerprint density at radius 3 is 2.69 bits per heavy atom. The van der Waals surface area contributed by atoms with Crippen LogP contribution in [0.5, 0.6) is 0 Å². The first-order valence-electron chi connectivity index (χ1n) is 5.32. The van der Waals surface area contributed by atoms with Gasteiger partial charge in [-0.2, -0.15) is 0 Å². The van der Waals surface area contributed by atoms with Gasteiger partial charge in [0.15, 0.2) is 12.1 Å². The molecule has 6 nitrogen and oxygen atoms in total. The summed E-state index contributed by atoms with van der Waals surface area (Å²) >= 11 is 0. The van der Waals surface area contributed by atoms with Crippen molar-refractivity contribution in [1.29, 1.82) is 0 Å². The summed E-state index contributed by atoms with van der Waals surface area (Å²) in [6, 6.07) is -0.366. The Kier molecular flexibility index (Phi) is 2.91. The first-order valence-corrected chi connectivity index (χ1v) is 5.32. The van der Waals surface area contributed by atoms with Crippen molar-refractivity contribution in [1.82, 2.24) is 5.32 Å². The lowest BCUT2D eigenvalue weighted by Gasteiger charge is -2.25. The number of fused-ring (bicyclic) bond motifs is 1. The number of ether oxygens (including phenoxy) is 3. The molecule has 2 N–H and O–H groups in total.